The highest BCUT2D eigenvalue weighted by molar-refractivity contribution is 5.69. The van der Waals surface area contributed by atoms with Crippen molar-refractivity contribution < 1.29 is 14.3 Å². The van der Waals surface area contributed by atoms with Crippen molar-refractivity contribution in [2.75, 3.05) is 20.3 Å². The first-order chi connectivity index (χ1) is 9.72. The zero-order valence-corrected chi connectivity index (χ0v) is 12.6. The van der Waals surface area contributed by atoms with Crippen LogP contribution in [-0.4, -0.2) is 26.2 Å². The largest absolute Gasteiger partial charge is 0.496 e. The van der Waals surface area contributed by atoms with Gasteiger partial charge >= 0.3 is 5.97 Å². The lowest BCUT2D eigenvalue weighted by atomic mass is 10.0. The van der Waals surface area contributed by atoms with Gasteiger partial charge in [0.15, 0.2) is 0 Å². The Morgan fingerprint density at radius 2 is 2.05 bits per heavy atom. The van der Waals surface area contributed by atoms with Crippen molar-refractivity contribution >= 4 is 5.97 Å². The molecular weight excluding hydrogens is 254 g/mol. The zero-order valence-electron chi connectivity index (χ0n) is 12.6. The van der Waals surface area contributed by atoms with Gasteiger partial charge in [0.05, 0.1) is 13.7 Å². The Bertz CT molecular complexity index is 406. The van der Waals surface area contributed by atoms with Gasteiger partial charge in [0.25, 0.3) is 0 Å². The minimum absolute atomic E-state index is 0.125. The third-order valence-corrected chi connectivity index (χ3v) is 3.18. The van der Waals surface area contributed by atoms with Crippen LogP contribution in [0, 0.1) is 0 Å². The van der Waals surface area contributed by atoms with E-state index in [1.54, 1.807) is 7.11 Å². The standard InChI is InChI=1S/C16H25NO3/c1-4-14(13-9-6-7-10-15(13)19-3)17-12-8-11-16(18)20-5-2/h6-7,9-10,14,17H,4-5,8,11-12H2,1-3H3. The molecule has 4 heteroatoms. The van der Waals surface area contributed by atoms with E-state index < -0.39 is 0 Å². The molecule has 0 fully saturated rings. The summed E-state index contributed by atoms with van der Waals surface area (Å²) in [5, 5.41) is 3.47. The molecule has 1 atom stereocenters. The van der Waals surface area contributed by atoms with E-state index >= 15 is 0 Å². The van der Waals surface area contributed by atoms with Crippen molar-refractivity contribution in [2.24, 2.45) is 0 Å². The lowest BCUT2D eigenvalue weighted by Gasteiger charge is -2.19. The van der Waals surface area contributed by atoms with Crippen LogP contribution in [0.1, 0.15) is 44.7 Å². The van der Waals surface area contributed by atoms with Crippen molar-refractivity contribution in [2.45, 2.75) is 39.2 Å². The highest BCUT2D eigenvalue weighted by Gasteiger charge is 2.13. The molecule has 0 saturated heterocycles. The molecule has 0 aromatic heterocycles. The van der Waals surface area contributed by atoms with E-state index in [1.807, 2.05) is 25.1 Å². The molecule has 0 spiro atoms. The molecule has 1 N–H and O–H groups in total. The molecule has 0 bridgehead atoms. The summed E-state index contributed by atoms with van der Waals surface area (Å²) >= 11 is 0. The fourth-order valence-corrected chi connectivity index (χ4v) is 2.17. The summed E-state index contributed by atoms with van der Waals surface area (Å²) in [6, 6.07) is 8.27. The maximum absolute atomic E-state index is 11.3. The predicted molar refractivity (Wildman–Crippen MR) is 79.9 cm³/mol. The second kappa shape index (κ2) is 9.37. The molecule has 112 valence electrons. The summed E-state index contributed by atoms with van der Waals surface area (Å²) < 4.78 is 10.3. The first-order valence-electron chi connectivity index (χ1n) is 7.24. The number of rotatable bonds is 9. The van der Waals surface area contributed by atoms with Crippen LogP contribution >= 0.6 is 0 Å². The highest BCUT2D eigenvalue weighted by atomic mass is 16.5. The van der Waals surface area contributed by atoms with E-state index in [0.717, 1.165) is 30.7 Å². The van der Waals surface area contributed by atoms with Crippen molar-refractivity contribution in [1.29, 1.82) is 0 Å². The SMILES string of the molecule is CCOC(=O)CCCNC(CC)c1ccccc1OC. The topological polar surface area (TPSA) is 47.6 Å². The van der Waals surface area contributed by atoms with Crippen LogP contribution in [0.15, 0.2) is 24.3 Å². The van der Waals surface area contributed by atoms with Gasteiger partial charge in [0.2, 0.25) is 0 Å². The predicted octanol–water partition coefficient (Wildman–Crippen LogP) is 3.08. The average molecular weight is 279 g/mol. The Kier molecular flexibility index (Phi) is 7.73. The second-order valence-corrected chi connectivity index (χ2v) is 4.57. The quantitative estimate of drug-likeness (QED) is 0.557. The third-order valence-electron chi connectivity index (χ3n) is 3.18. The molecule has 1 aromatic carbocycles. The smallest absolute Gasteiger partial charge is 0.305 e. The molecule has 0 aliphatic heterocycles. The van der Waals surface area contributed by atoms with Gasteiger partial charge in [-0.05, 0) is 32.4 Å². The summed E-state index contributed by atoms with van der Waals surface area (Å²) in [4.78, 5) is 11.3. The van der Waals surface area contributed by atoms with E-state index in [4.69, 9.17) is 9.47 Å². The molecule has 1 unspecified atom stereocenters. The van der Waals surface area contributed by atoms with E-state index in [9.17, 15) is 4.79 Å². The molecule has 0 radical (unpaired) electrons. The van der Waals surface area contributed by atoms with E-state index in [1.165, 1.54) is 0 Å². The van der Waals surface area contributed by atoms with Crippen LogP contribution in [0.2, 0.25) is 0 Å². The zero-order chi connectivity index (χ0) is 14.8. The van der Waals surface area contributed by atoms with E-state index in [2.05, 4.69) is 18.3 Å². The Balaban J connectivity index is 2.45. The van der Waals surface area contributed by atoms with Crippen molar-refractivity contribution in [3.63, 3.8) is 0 Å². The molecule has 0 aliphatic carbocycles. The fourth-order valence-electron chi connectivity index (χ4n) is 2.17. The van der Waals surface area contributed by atoms with E-state index in [-0.39, 0.29) is 12.0 Å². The van der Waals surface area contributed by atoms with Crippen LogP contribution in [-0.2, 0) is 9.53 Å². The average Bonchev–Trinajstić information content (AvgIpc) is 2.48. The summed E-state index contributed by atoms with van der Waals surface area (Å²) in [5.41, 5.74) is 1.16. The summed E-state index contributed by atoms with van der Waals surface area (Å²) in [5.74, 6) is 0.775. The number of hydrogen-bond donors (Lipinski definition) is 1. The number of ether oxygens (including phenoxy) is 2. The maximum atomic E-state index is 11.3. The molecule has 0 aliphatic rings. The number of esters is 1. The Hall–Kier alpha value is -1.55. The Morgan fingerprint density at radius 3 is 2.70 bits per heavy atom. The molecule has 20 heavy (non-hydrogen) atoms. The van der Waals surface area contributed by atoms with Gasteiger partial charge in [0, 0.05) is 18.0 Å². The summed E-state index contributed by atoms with van der Waals surface area (Å²) in [6.45, 7) is 5.20. The van der Waals surface area contributed by atoms with Gasteiger partial charge in [-0.3, -0.25) is 4.79 Å². The molecular formula is C16H25NO3. The Morgan fingerprint density at radius 1 is 1.30 bits per heavy atom. The highest BCUT2D eigenvalue weighted by Crippen LogP contribution is 2.26. The number of methoxy groups -OCH3 is 1. The van der Waals surface area contributed by atoms with Crippen molar-refractivity contribution in [3.8, 4) is 5.75 Å². The van der Waals surface area contributed by atoms with Crippen LogP contribution in [0.3, 0.4) is 0 Å². The second-order valence-electron chi connectivity index (χ2n) is 4.57. The lowest BCUT2D eigenvalue weighted by molar-refractivity contribution is -0.143. The van der Waals surface area contributed by atoms with Gasteiger partial charge in [-0.15, -0.1) is 0 Å². The molecule has 4 nitrogen and oxygen atoms in total. The van der Waals surface area contributed by atoms with Crippen LogP contribution < -0.4 is 10.1 Å². The van der Waals surface area contributed by atoms with Gasteiger partial charge < -0.3 is 14.8 Å². The monoisotopic (exact) mass is 279 g/mol. The van der Waals surface area contributed by atoms with Gasteiger partial charge in [-0.2, -0.15) is 0 Å². The molecule has 0 heterocycles. The van der Waals surface area contributed by atoms with Gasteiger partial charge in [-0.25, -0.2) is 0 Å². The Labute approximate surface area is 121 Å². The van der Waals surface area contributed by atoms with Gasteiger partial charge in [0.1, 0.15) is 5.75 Å². The van der Waals surface area contributed by atoms with Gasteiger partial charge in [-0.1, -0.05) is 25.1 Å². The lowest BCUT2D eigenvalue weighted by Crippen LogP contribution is -2.23. The number of benzene rings is 1. The summed E-state index contributed by atoms with van der Waals surface area (Å²) in [7, 11) is 1.69. The molecule has 0 saturated carbocycles. The van der Waals surface area contributed by atoms with Crippen LogP contribution in [0.4, 0.5) is 0 Å². The number of nitrogens with one attached hydrogen (secondary N) is 1. The number of para-hydroxylation sites is 1. The van der Waals surface area contributed by atoms with E-state index in [0.29, 0.717) is 13.0 Å². The molecule has 1 rings (SSSR count). The summed E-state index contributed by atoms with van der Waals surface area (Å²) in [6.07, 6.45) is 2.22. The maximum Gasteiger partial charge on any atom is 0.305 e. The number of hydrogen-bond acceptors (Lipinski definition) is 4. The fraction of sp³-hybridized carbons (Fsp3) is 0.562. The molecule has 0 amide bonds. The van der Waals surface area contributed by atoms with Crippen molar-refractivity contribution in [1.82, 2.24) is 5.32 Å². The van der Waals surface area contributed by atoms with Crippen molar-refractivity contribution in [3.05, 3.63) is 29.8 Å². The van der Waals surface area contributed by atoms with Crippen LogP contribution in [0.5, 0.6) is 5.75 Å². The number of carbonyl (C=O) groups is 1. The van der Waals surface area contributed by atoms with Crippen LogP contribution in [0.25, 0.3) is 0 Å². The molecule has 1 aromatic rings. The first kappa shape index (κ1) is 16.5. The minimum Gasteiger partial charge on any atom is -0.496 e. The normalized spacial score (nSPS) is 11.9. The minimum atomic E-state index is -0.125. The number of carbonyl (C=O) groups excluding carboxylic acids is 1. The third kappa shape index (κ3) is 5.21. The first-order valence-corrected chi connectivity index (χ1v) is 7.24.